The van der Waals surface area contributed by atoms with Crippen molar-refractivity contribution in [3.63, 3.8) is 0 Å². The summed E-state index contributed by atoms with van der Waals surface area (Å²) in [5.41, 5.74) is 2.40. The Morgan fingerprint density at radius 1 is 1.40 bits per heavy atom. The molecule has 0 radical (unpaired) electrons. The number of nitrogens with one attached hydrogen (secondary N) is 1. The molecule has 1 aromatic carbocycles. The van der Waals surface area contributed by atoms with Crippen molar-refractivity contribution in [2.75, 3.05) is 13.7 Å². The van der Waals surface area contributed by atoms with Gasteiger partial charge in [0.1, 0.15) is 5.75 Å². The molecule has 84 valence electrons. The van der Waals surface area contributed by atoms with Crippen LogP contribution >= 0.6 is 15.9 Å². The quantitative estimate of drug-likeness (QED) is 0.831. The van der Waals surface area contributed by atoms with Crippen LogP contribution in [0.15, 0.2) is 16.6 Å². The number of methoxy groups -OCH3 is 1. The van der Waals surface area contributed by atoms with E-state index >= 15 is 0 Å². The Labute approximate surface area is 100 Å². The number of rotatable bonds is 5. The molecule has 0 heterocycles. The van der Waals surface area contributed by atoms with Crippen LogP contribution < -0.4 is 10.1 Å². The summed E-state index contributed by atoms with van der Waals surface area (Å²) in [4.78, 5) is 0. The lowest BCUT2D eigenvalue weighted by atomic mass is 10.1. The fraction of sp³-hybridized carbons (Fsp3) is 0.500. The minimum atomic E-state index is 0.857. The Hall–Kier alpha value is -0.540. The number of halogens is 1. The average molecular weight is 272 g/mol. The summed E-state index contributed by atoms with van der Waals surface area (Å²) in [6, 6.07) is 4.18. The molecule has 1 N–H and O–H groups in total. The maximum atomic E-state index is 5.35. The first-order valence-corrected chi connectivity index (χ1v) is 6.02. The summed E-state index contributed by atoms with van der Waals surface area (Å²) in [5.74, 6) is 0.958. The molecule has 2 nitrogen and oxygen atoms in total. The number of hydrogen-bond acceptors (Lipinski definition) is 2. The zero-order valence-electron chi connectivity index (χ0n) is 9.56. The van der Waals surface area contributed by atoms with Crippen molar-refractivity contribution >= 4 is 15.9 Å². The summed E-state index contributed by atoms with van der Waals surface area (Å²) in [7, 11) is 1.71. The molecule has 0 aromatic heterocycles. The molecular formula is C12H18BrNO. The molecule has 0 atom stereocenters. The maximum Gasteiger partial charge on any atom is 0.123 e. The van der Waals surface area contributed by atoms with Gasteiger partial charge < -0.3 is 10.1 Å². The van der Waals surface area contributed by atoms with Gasteiger partial charge in [0.2, 0.25) is 0 Å². The fourth-order valence-corrected chi connectivity index (χ4v) is 1.82. The molecular weight excluding hydrogens is 254 g/mol. The molecule has 0 saturated heterocycles. The van der Waals surface area contributed by atoms with E-state index in [1.165, 1.54) is 11.1 Å². The monoisotopic (exact) mass is 271 g/mol. The van der Waals surface area contributed by atoms with Gasteiger partial charge in [-0.1, -0.05) is 22.9 Å². The van der Waals surface area contributed by atoms with Crippen LogP contribution in [0.5, 0.6) is 5.75 Å². The molecule has 0 bridgehead atoms. The molecule has 0 fully saturated rings. The minimum Gasteiger partial charge on any atom is -0.496 e. The lowest BCUT2D eigenvalue weighted by Crippen LogP contribution is -2.14. The van der Waals surface area contributed by atoms with Gasteiger partial charge in [0.15, 0.2) is 0 Å². The van der Waals surface area contributed by atoms with Crippen molar-refractivity contribution in [3.05, 3.63) is 27.7 Å². The first-order valence-electron chi connectivity index (χ1n) is 5.22. The zero-order chi connectivity index (χ0) is 11.3. The minimum absolute atomic E-state index is 0.857. The predicted molar refractivity (Wildman–Crippen MR) is 67.4 cm³/mol. The zero-order valence-corrected chi connectivity index (χ0v) is 11.1. The highest BCUT2D eigenvalue weighted by Crippen LogP contribution is 2.26. The van der Waals surface area contributed by atoms with Gasteiger partial charge in [0, 0.05) is 16.6 Å². The summed E-state index contributed by atoms with van der Waals surface area (Å²) in [5, 5.41) is 3.37. The smallest absolute Gasteiger partial charge is 0.123 e. The Bertz CT molecular complexity index is 326. The lowest BCUT2D eigenvalue weighted by Gasteiger charge is -2.11. The largest absolute Gasteiger partial charge is 0.496 e. The second-order valence-corrected chi connectivity index (χ2v) is 4.44. The SMILES string of the molecule is CCCNCc1cc(Br)c(C)cc1OC. The summed E-state index contributed by atoms with van der Waals surface area (Å²) < 4.78 is 6.49. The molecule has 0 aliphatic carbocycles. The second kappa shape index (κ2) is 6.13. The fourth-order valence-electron chi connectivity index (χ4n) is 1.42. The molecule has 0 saturated carbocycles. The first-order chi connectivity index (χ1) is 7.19. The summed E-state index contributed by atoms with van der Waals surface area (Å²) in [6.45, 7) is 6.12. The Kier molecular flexibility index (Phi) is 5.12. The molecule has 3 heteroatoms. The molecule has 0 aliphatic rings. The molecule has 0 unspecified atom stereocenters. The molecule has 0 spiro atoms. The number of hydrogen-bond donors (Lipinski definition) is 1. The van der Waals surface area contributed by atoms with Crippen molar-refractivity contribution in [1.29, 1.82) is 0 Å². The van der Waals surface area contributed by atoms with Crippen LogP contribution in [0, 0.1) is 6.92 Å². The Morgan fingerprint density at radius 3 is 2.73 bits per heavy atom. The van der Waals surface area contributed by atoms with Gasteiger partial charge in [-0.05, 0) is 37.6 Å². The van der Waals surface area contributed by atoms with Gasteiger partial charge in [-0.25, -0.2) is 0 Å². The highest BCUT2D eigenvalue weighted by molar-refractivity contribution is 9.10. The standard InChI is InChI=1S/C12H18BrNO/c1-4-5-14-8-10-7-11(13)9(2)6-12(10)15-3/h6-7,14H,4-5,8H2,1-3H3. The third-order valence-electron chi connectivity index (χ3n) is 2.30. The van der Waals surface area contributed by atoms with Crippen LogP contribution in [-0.2, 0) is 6.54 Å². The Balaban J connectivity index is 2.80. The summed E-state index contributed by atoms with van der Waals surface area (Å²) in [6.07, 6.45) is 1.15. The van der Waals surface area contributed by atoms with Crippen molar-refractivity contribution in [3.8, 4) is 5.75 Å². The van der Waals surface area contributed by atoms with E-state index in [0.29, 0.717) is 0 Å². The molecule has 1 rings (SSSR count). The topological polar surface area (TPSA) is 21.3 Å². The van der Waals surface area contributed by atoms with Crippen LogP contribution in [0.2, 0.25) is 0 Å². The molecule has 1 aromatic rings. The van der Waals surface area contributed by atoms with Crippen molar-refractivity contribution in [2.45, 2.75) is 26.8 Å². The van der Waals surface area contributed by atoms with Gasteiger partial charge in [-0.2, -0.15) is 0 Å². The van der Waals surface area contributed by atoms with Gasteiger partial charge in [0.25, 0.3) is 0 Å². The predicted octanol–water partition coefficient (Wildman–Crippen LogP) is 3.27. The van der Waals surface area contributed by atoms with Crippen LogP contribution in [0.4, 0.5) is 0 Å². The normalized spacial score (nSPS) is 10.4. The van der Waals surface area contributed by atoms with E-state index in [1.54, 1.807) is 7.11 Å². The third kappa shape index (κ3) is 3.50. The van der Waals surface area contributed by atoms with Crippen molar-refractivity contribution in [2.24, 2.45) is 0 Å². The van der Waals surface area contributed by atoms with Crippen LogP contribution in [-0.4, -0.2) is 13.7 Å². The van der Waals surface area contributed by atoms with E-state index in [1.807, 2.05) is 0 Å². The highest BCUT2D eigenvalue weighted by Gasteiger charge is 2.05. The lowest BCUT2D eigenvalue weighted by molar-refractivity contribution is 0.407. The molecule has 0 amide bonds. The van der Waals surface area contributed by atoms with Gasteiger partial charge in [-0.3, -0.25) is 0 Å². The van der Waals surface area contributed by atoms with E-state index < -0.39 is 0 Å². The number of aryl methyl sites for hydroxylation is 1. The van der Waals surface area contributed by atoms with E-state index in [0.717, 1.165) is 29.7 Å². The van der Waals surface area contributed by atoms with Crippen molar-refractivity contribution in [1.82, 2.24) is 5.32 Å². The van der Waals surface area contributed by atoms with Gasteiger partial charge in [0.05, 0.1) is 7.11 Å². The highest BCUT2D eigenvalue weighted by atomic mass is 79.9. The second-order valence-electron chi connectivity index (χ2n) is 3.59. The van der Waals surface area contributed by atoms with Crippen LogP contribution in [0.3, 0.4) is 0 Å². The van der Waals surface area contributed by atoms with E-state index in [-0.39, 0.29) is 0 Å². The van der Waals surface area contributed by atoms with Crippen molar-refractivity contribution < 1.29 is 4.74 Å². The average Bonchev–Trinajstić information content (AvgIpc) is 2.23. The summed E-state index contributed by atoms with van der Waals surface area (Å²) >= 11 is 3.54. The maximum absolute atomic E-state index is 5.35. The van der Waals surface area contributed by atoms with E-state index in [2.05, 4.69) is 47.2 Å². The van der Waals surface area contributed by atoms with E-state index in [4.69, 9.17) is 4.74 Å². The van der Waals surface area contributed by atoms with Crippen LogP contribution in [0.1, 0.15) is 24.5 Å². The molecule has 15 heavy (non-hydrogen) atoms. The van der Waals surface area contributed by atoms with Gasteiger partial charge >= 0.3 is 0 Å². The molecule has 0 aliphatic heterocycles. The van der Waals surface area contributed by atoms with Gasteiger partial charge in [-0.15, -0.1) is 0 Å². The first kappa shape index (κ1) is 12.5. The number of ether oxygens (including phenoxy) is 1. The Morgan fingerprint density at radius 2 is 2.13 bits per heavy atom. The third-order valence-corrected chi connectivity index (χ3v) is 3.16. The van der Waals surface area contributed by atoms with Crippen LogP contribution in [0.25, 0.3) is 0 Å². The van der Waals surface area contributed by atoms with E-state index in [9.17, 15) is 0 Å². The number of benzene rings is 1.